The van der Waals surface area contributed by atoms with Gasteiger partial charge in [-0.05, 0) is 66.7 Å². The van der Waals surface area contributed by atoms with Gasteiger partial charge in [0.15, 0.2) is 12.4 Å². The molecule has 2 heterocycles. The van der Waals surface area contributed by atoms with Crippen molar-refractivity contribution in [2.24, 2.45) is 0 Å². The minimum absolute atomic E-state index is 0.0222. The highest BCUT2D eigenvalue weighted by Gasteiger charge is 2.28. The number of benzene rings is 1. The Bertz CT molecular complexity index is 697. The van der Waals surface area contributed by atoms with Gasteiger partial charge in [-0.2, -0.15) is 0 Å². The smallest absolute Gasteiger partial charge is 0.410 e. The fourth-order valence-corrected chi connectivity index (χ4v) is 3.68. The van der Waals surface area contributed by atoms with Gasteiger partial charge >= 0.3 is 6.09 Å². The minimum atomic E-state index is -0.506. The Balaban J connectivity index is 1.82. The number of nitrogens with zero attached hydrogens (tertiary/aromatic N) is 1. The number of hydrogen-bond acceptors (Lipinski definition) is 4. The molecule has 0 saturated heterocycles. The molecule has 7 heteroatoms. The van der Waals surface area contributed by atoms with Crippen LogP contribution in [0.3, 0.4) is 0 Å². The first-order chi connectivity index (χ1) is 11.2. The molecule has 2 aliphatic heterocycles. The summed E-state index contributed by atoms with van der Waals surface area (Å²) in [5.74, 6) is 0.512. The molecule has 1 N–H and O–H groups in total. The van der Waals surface area contributed by atoms with E-state index in [2.05, 4.69) is 21.2 Å². The summed E-state index contributed by atoms with van der Waals surface area (Å²) in [7, 11) is 0. The first kappa shape index (κ1) is 17.1. The number of carbonyl (C=O) groups excluding carboxylic acids is 2. The van der Waals surface area contributed by atoms with Crippen LogP contribution in [0.4, 0.5) is 10.5 Å². The van der Waals surface area contributed by atoms with E-state index < -0.39 is 5.60 Å². The Labute approximate surface area is 149 Å². The molecule has 0 atom stereocenters. The number of halogens is 1. The van der Waals surface area contributed by atoms with Crippen LogP contribution < -0.4 is 10.1 Å². The molecule has 0 aliphatic carbocycles. The van der Waals surface area contributed by atoms with Crippen molar-refractivity contribution in [2.75, 3.05) is 25.0 Å². The van der Waals surface area contributed by atoms with Crippen LogP contribution in [0, 0.1) is 0 Å². The highest BCUT2D eigenvalue weighted by molar-refractivity contribution is 9.10. The molecule has 0 radical (unpaired) electrons. The van der Waals surface area contributed by atoms with Crippen LogP contribution in [0.25, 0.3) is 0 Å². The molecule has 3 rings (SSSR count). The maximum atomic E-state index is 12.3. The highest BCUT2D eigenvalue weighted by Crippen LogP contribution is 2.41. The predicted octanol–water partition coefficient (Wildman–Crippen LogP) is 3.12. The molecule has 0 aromatic heterocycles. The van der Waals surface area contributed by atoms with Crippen LogP contribution in [-0.4, -0.2) is 42.2 Å². The van der Waals surface area contributed by atoms with E-state index in [0.717, 1.165) is 15.6 Å². The summed E-state index contributed by atoms with van der Waals surface area (Å²) in [6.07, 6.45) is 1.12. The maximum Gasteiger partial charge on any atom is 0.410 e. The van der Waals surface area contributed by atoms with Crippen molar-refractivity contribution in [1.82, 2.24) is 4.90 Å². The van der Waals surface area contributed by atoms with Gasteiger partial charge in [0.1, 0.15) is 5.60 Å². The van der Waals surface area contributed by atoms with E-state index in [4.69, 9.17) is 9.47 Å². The molecular weight excluding hydrogens is 376 g/mol. The quantitative estimate of drug-likeness (QED) is 0.731. The molecule has 0 saturated carbocycles. The van der Waals surface area contributed by atoms with Gasteiger partial charge in [-0.3, -0.25) is 4.79 Å². The lowest BCUT2D eigenvalue weighted by atomic mass is 10.0. The highest BCUT2D eigenvalue weighted by atomic mass is 79.9. The van der Waals surface area contributed by atoms with E-state index in [9.17, 15) is 9.59 Å². The Morgan fingerprint density at radius 2 is 2.04 bits per heavy atom. The fourth-order valence-electron chi connectivity index (χ4n) is 2.90. The van der Waals surface area contributed by atoms with Crippen LogP contribution >= 0.6 is 15.9 Å². The summed E-state index contributed by atoms with van der Waals surface area (Å²) in [6.45, 7) is 6.79. The van der Waals surface area contributed by atoms with Crippen molar-refractivity contribution in [3.63, 3.8) is 0 Å². The number of ether oxygens (including phenoxy) is 2. The molecule has 0 spiro atoms. The van der Waals surface area contributed by atoms with Gasteiger partial charge in [0.05, 0.1) is 10.2 Å². The Morgan fingerprint density at radius 1 is 1.33 bits per heavy atom. The second-order valence-electron chi connectivity index (χ2n) is 7.01. The minimum Gasteiger partial charge on any atom is -0.480 e. The standard InChI is InChI=1S/C17H21BrN2O4/c1-17(2,3)24-16(22)20-6-4-10-8-12-15(23-9-13(21)19-12)14(18)11(10)5-7-20/h8H,4-7,9H2,1-3H3,(H,19,21). The Kier molecular flexibility index (Phi) is 4.46. The molecule has 0 unspecified atom stereocenters. The topological polar surface area (TPSA) is 67.9 Å². The number of hydrogen-bond donors (Lipinski definition) is 1. The Hall–Kier alpha value is -1.76. The van der Waals surface area contributed by atoms with Crippen LogP contribution in [-0.2, 0) is 22.4 Å². The van der Waals surface area contributed by atoms with E-state index in [1.54, 1.807) is 4.90 Å². The first-order valence-electron chi connectivity index (χ1n) is 7.99. The summed E-state index contributed by atoms with van der Waals surface area (Å²) < 4.78 is 11.9. The van der Waals surface area contributed by atoms with Crippen LogP contribution in [0.15, 0.2) is 10.5 Å². The van der Waals surface area contributed by atoms with E-state index in [-0.39, 0.29) is 18.6 Å². The van der Waals surface area contributed by atoms with E-state index in [1.165, 1.54) is 0 Å². The van der Waals surface area contributed by atoms with Gasteiger partial charge in [-0.15, -0.1) is 0 Å². The van der Waals surface area contributed by atoms with Gasteiger partial charge in [0, 0.05) is 13.1 Å². The number of fused-ring (bicyclic) bond motifs is 2. The van der Waals surface area contributed by atoms with E-state index >= 15 is 0 Å². The van der Waals surface area contributed by atoms with E-state index in [1.807, 2.05) is 26.8 Å². The number of nitrogens with one attached hydrogen (secondary N) is 1. The molecule has 0 bridgehead atoms. The van der Waals surface area contributed by atoms with Gasteiger partial charge in [-0.25, -0.2) is 4.79 Å². The maximum absolute atomic E-state index is 12.3. The number of rotatable bonds is 0. The second-order valence-corrected chi connectivity index (χ2v) is 7.80. The largest absolute Gasteiger partial charge is 0.480 e. The zero-order valence-corrected chi connectivity index (χ0v) is 15.7. The number of amides is 2. The summed E-state index contributed by atoms with van der Waals surface area (Å²) in [4.78, 5) is 25.6. The molecule has 2 aliphatic rings. The third-order valence-corrected chi connectivity index (χ3v) is 4.81. The number of carbonyl (C=O) groups is 2. The Morgan fingerprint density at radius 3 is 2.75 bits per heavy atom. The summed E-state index contributed by atoms with van der Waals surface area (Å²) in [5.41, 5.74) is 2.41. The van der Waals surface area contributed by atoms with Gasteiger partial charge < -0.3 is 19.7 Å². The first-order valence-corrected chi connectivity index (χ1v) is 8.79. The average Bonchev–Trinajstić information content (AvgIpc) is 2.68. The molecule has 1 aromatic rings. The van der Waals surface area contributed by atoms with Crippen molar-refractivity contribution < 1.29 is 19.1 Å². The van der Waals surface area contributed by atoms with Crippen molar-refractivity contribution in [3.8, 4) is 5.75 Å². The normalized spacial score (nSPS) is 17.2. The lowest BCUT2D eigenvalue weighted by Crippen LogP contribution is -2.38. The summed E-state index contributed by atoms with van der Waals surface area (Å²) in [6, 6.07) is 1.95. The molecule has 130 valence electrons. The van der Waals surface area contributed by atoms with Crippen LogP contribution in [0.5, 0.6) is 5.75 Å². The van der Waals surface area contributed by atoms with Crippen LogP contribution in [0.1, 0.15) is 31.9 Å². The molecule has 6 nitrogen and oxygen atoms in total. The third kappa shape index (κ3) is 3.50. The third-order valence-electron chi connectivity index (χ3n) is 3.97. The van der Waals surface area contributed by atoms with Crippen molar-refractivity contribution in [1.29, 1.82) is 0 Å². The molecule has 0 fully saturated rings. The molecule has 2 amide bonds. The fraction of sp³-hybridized carbons (Fsp3) is 0.529. The monoisotopic (exact) mass is 396 g/mol. The molecule has 24 heavy (non-hydrogen) atoms. The zero-order chi connectivity index (χ0) is 17.5. The lowest BCUT2D eigenvalue weighted by molar-refractivity contribution is -0.118. The van der Waals surface area contributed by atoms with Gasteiger partial charge in [-0.1, -0.05) is 0 Å². The lowest BCUT2D eigenvalue weighted by Gasteiger charge is -2.26. The van der Waals surface area contributed by atoms with Gasteiger partial charge in [0.25, 0.3) is 5.91 Å². The second kappa shape index (κ2) is 6.27. The predicted molar refractivity (Wildman–Crippen MR) is 93.5 cm³/mol. The number of anilines is 1. The van der Waals surface area contributed by atoms with Crippen molar-refractivity contribution >= 4 is 33.6 Å². The SMILES string of the molecule is CC(C)(C)OC(=O)N1CCc2cc3c(c(Br)c2CC1)OCC(=O)N3. The van der Waals surface area contributed by atoms with E-state index in [0.29, 0.717) is 37.4 Å². The van der Waals surface area contributed by atoms with Crippen LogP contribution in [0.2, 0.25) is 0 Å². The average molecular weight is 397 g/mol. The molecule has 1 aromatic carbocycles. The van der Waals surface area contributed by atoms with Crippen molar-refractivity contribution in [3.05, 3.63) is 21.7 Å². The molecular formula is C17H21BrN2O4. The van der Waals surface area contributed by atoms with Crippen molar-refractivity contribution in [2.45, 2.75) is 39.2 Å². The zero-order valence-electron chi connectivity index (χ0n) is 14.1. The van der Waals surface area contributed by atoms with Gasteiger partial charge in [0.2, 0.25) is 0 Å². The summed E-state index contributed by atoms with van der Waals surface area (Å²) >= 11 is 3.60. The summed E-state index contributed by atoms with van der Waals surface area (Å²) in [5, 5.41) is 2.84.